The Labute approximate surface area is 189 Å². The second-order valence-corrected chi connectivity index (χ2v) is 10.7. The second-order valence-electron chi connectivity index (χ2n) is 7.41. The molecule has 0 N–H and O–H groups in total. The zero-order valence-corrected chi connectivity index (χ0v) is 19.7. The Hall–Kier alpha value is -2.20. The third kappa shape index (κ3) is 4.03. The van der Waals surface area contributed by atoms with Crippen LogP contribution < -0.4 is 9.54 Å². The Morgan fingerprint density at radius 1 is 1.26 bits per heavy atom. The summed E-state index contributed by atoms with van der Waals surface area (Å²) < 4.78 is 35.5. The number of sulfonamides is 1. The molecule has 1 aromatic heterocycles. The summed E-state index contributed by atoms with van der Waals surface area (Å²) >= 11 is 7.52. The molecule has 31 heavy (non-hydrogen) atoms. The highest BCUT2D eigenvalue weighted by Gasteiger charge is 2.39. The first-order valence-corrected chi connectivity index (χ1v) is 12.4. The Morgan fingerprint density at radius 3 is 2.65 bits per heavy atom. The molecular formula is C21H22ClN3O4S2. The fourth-order valence-electron chi connectivity index (χ4n) is 3.90. The van der Waals surface area contributed by atoms with Crippen LogP contribution >= 0.6 is 22.9 Å². The van der Waals surface area contributed by atoms with E-state index in [2.05, 4.69) is 4.99 Å². The van der Waals surface area contributed by atoms with Crippen molar-refractivity contribution in [3.63, 3.8) is 0 Å². The minimum absolute atomic E-state index is 0.130. The number of hydrogen-bond acceptors (Lipinski definition) is 5. The number of methoxy groups -OCH3 is 1. The number of carbonyl (C=O) groups excluding carboxylic acids is 1. The van der Waals surface area contributed by atoms with Crippen LogP contribution in [0, 0.1) is 6.92 Å². The number of carbonyl (C=O) groups is 1. The van der Waals surface area contributed by atoms with Crippen molar-refractivity contribution >= 4 is 49.1 Å². The summed E-state index contributed by atoms with van der Waals surface area (Å²) in [6.45, 7) is 2.24. The fourth-order valence-corrected chi connectivity index (χ4v) is 7.03. The Bertz CT molecular complexity index is 1330. The van der Waals surface area contributed by atoms with E-state index in [0.29, 0.717) is 28.4 Å². The first-order valence-electron chi connectivity index (χ1n) is 9.72. The van der Waals surface area contributed by atoms with Crippen molar-refractivity contribution in [2.45, 2.75) is 30.7 Å². The number of thiazole rings is 1. The van der Waals surface area contributed by atoms with Crippen LogP contribution in [0.4, 0.5) is 0 Å². The predicted octanol–water partition coefficient (Wildman–Crippen LogP) is 3.49. The zero-order valence-electron chi connectivity index (χ0n) is 17.3. The maximum Gasteiger partial charge on any atom is 0.266 e. The van der Waals surface area contributed by atoms with E-state index in [1.807, 2.05) is 30.7 Å². The smallest absolute Gasteiger partial charge is 0.266 e. The number of rotatable bonds is 4. The summed E-state index contributed by atoms with van der Waals surface area (Å²) in [5, 5.41) is 0.622. The van der Waals surface area contributed by atoms with Crippen molar-refractivity contribution in [1.82, 2.24) is 8.87 Å². The van der Waals surface area contributed by atoms with E-state index in [9.17, 15) is 13.2 Å². The predicted molar refractivity (Wildman–Crippen MR) is 121 cm³/mol. The molecule has 0 bridgehead atoms. The van der Waals surface area contributed by atoms with Gasteiger partial charge in [0.25, 0.3) is 5.91 Å². The molecule has 3 aromatic rings. The Morgan fingerprint density at radius 2 is 1.97 bits per heavy atom. The van der Waals surface area contributed by atoms with E-state index in [1.165, 1.54) is 34.9 Å². The number of aryl methyl sites for hydroxylation is 2. The van der Waals surface area contributed by atoms with Crippen LogP contribution in [0.3, 0.4) is 0 Å². The van der Waals surface area contributed by atoms with Gasteiger partial charge in [0.05, 0.1) is 22.2 Å². The molecule has 1 unspecified atom stereocenters. The first-order chi connectivity index (χ1) is 14.7. The molecule has 0 aliphatic carbocycles. The third-order valence-corrected chi connectivity index (χ3v) is 8.63. The molecule has 1 aliphatic heterocycles. The average molecular weight is 480 g/mol. The van der Waals surface area contributed by atoms with Gasteiger partial charge in [0.1, 0.15) is 11.8 Å². The zero-order chi connectivity index (χ0) is 22.3. The highest BCUT2D eigenvalue weighted by molar-refractivity contribution is 7.89. The summed E-state index contributed by atoms with van der Waals surface area (Å²) in [7, 11) is -0.464. The minimum Gasteiger partial charge on any atom is -0.497 e. The lowest BCUT2D eigenvalue weighted by molar-refractivity contribution is -0.121. The van der Waals surface area contributed by atoms with Crippen LogP contribution in [0.5, 0.6) is 5.75 Å². The third-order valence-electron chi connectivity index (χ3n) is 5.41. The molecule has 1 fully saturated rings. The van der Waals surface area contributed by atoms with Crippen LogP contribution in [0.15, 0.2) is 46.3 Å². The van der Waals surface area contributed by atoms with Gasteiger partial charge in [-0.05, 0) is 61.7 Å². The topological polar surface area (TPSA) is 81.0 Å². The lowest BCUT2D eigenvalue weighted by Gasteiger charge is -2.21. The number of hydrogen-bond donors (Lipinski definition) is 0. The Kier molecular flexibility index (Phi) is 5.95. The maximum absolute atomic E-state index is 13.2. The van der Waals surface area contributed by atoms with E-state index in [-0.39, 0.29) is 11.4 Å². The van der Waals surface area contributed by atoms with E-state index < -0.39 is 22.0 Å². The van der Waals surface area contributed by atoms with Crippen LogP contribution in [-0.2, 0) is 21.9 Å². The van der Waals surface area contributed by atoms with E-state index in [1.54, 1.807) is 12.1 Å². The van der Waals surface area contributed by atoms with Gasteiger partial charge in [-0.2, -0.15) is 9.30 Å². The average Bonchev–Trinajstić information content (AvgIpc) is 3.34. The summed E-state index contributed by atoms with van der Waals surface area (Å²) in [5.41, 5.74) is 1.94. The maximum atomic E-state index is 13.2. The normalized spacial score (nSPS) is 18.1. The summed E-state index contributed by atoms with van der Waals surface area (Å²) in [5.74, 6) is 0.108. The molecule has 2 aromatic carbocycles. The molecule has 0 spiro atoms. The number of benzene rings is 2. The SMILES string of the molecule is COc1ccc(S(=O)(=O)N2CCCC2C(=O)N=c2sc3cc(Cl)cc(C)c3n2C)cc1. The highest BCUT2D eigenvalue weighted by atomic mass is 35.5. The number of aromatic nitrogens is 1. The molecule has 4 rings (SSSR count). The molecule has 2 heterocycles. The lowest BCUT2D eigenvalue weighted by atomic mass is 10.2. The molecule has 0 saturated carbocycles. The second kappa shape index (κ2) is 8.38. The molecule has 0 radical (unpaired) electrons. The van der Waals surface area contributed by atoms with Crippen LogP contribution in [0.25, 0.3) is 10.2 Å². The number of ether oxygens (including phenoxy) is 1. The summed E-state index contributed by atoms with van der Waals surface area (Å²) in [4.78, 5) is 18.0. The molecule has 164 valence electrons. The Balaban J connectivity index is 1.69. The molecular weight excluding hydrogens is 458 g/mol. The molecule has 1 atom stereocenters. The highest BCUT2D eigenvalue weighted by Crippen LogP contribution is 2.28. The van der Waals surface area contributed by atoms with Crippen molar-refractivity contribution in [2.75, 3.05) is 13.7 Å². The number of fused-ring (bicyclic) bond motifs is 1. The quantitative estimate of drug-likeness (QED) is 0.573. The van der Waals surface area contributed by atoms with Gasteiger partial charge in [-0.3, -0.25) is 4.79 Å². The van der Waals surface area contributed by atoms with Gasteiger partial charge in [0.15, 0.2) is 4.80 Å². The van der Waals surface area contributed by atoms with Gasteiger partial charge in [0.2, 0.25) is 10.0 Å². The van der Waals surface area contributed by atoms with Crippen molar-refractivity contribution in [3.8, 4) is 5.75 Å². The molecule has 1 saturated heterocycles. The molecule has 10 heteroatoms. The largest absolute Gasteiger partial charge is 0.497 e. The number of halogens is 1. The number of amides is 1. The molecule has 7 nitrogen and oxygen atoms in total. The van der Waals surface area contributed by atoms with Crippen molar-refractivity contribution in [2.24, 2.45) is 12.0 Å². The minimum atomic E-state index is -3.82. The first kappa shape index (κ1) is 22.0. The van der Waals surface area contributed by atoms with Gasteiger partial charge < -0.3 is 9.30 Å². The standard InChI is InChI=1S/C21H22ClN3O4S2/c1-13-11-14(22)12-18-19(13)24(2)21(30-18)23-20(26)17-5-4-10-25(17)31(27,28)16-8-6-15(29-3)7-9-16/h6-9,11-12,17H,4-5,10H2,1-3H3. The van der Waals surface area contributed by atoms with E-state index in [4.69, 9.17) is 16.3 Å². The van der Waals surface area contributed by atoms with E-state index >= 15 is 0 Å². The van der Waals surface area contributed by atoms with Crippen molar-refractivity contribution in [1.29, 1.82) is 0 Å². The fraction of sp³-hybridized carbons (Fsp3) is 0.333. The summed E-state index contributed by atoms with van der Waals surface area (Å²) in [6, 6.07) is 9.05. The van der Waals surface area contributed by atoms with Gasteiger partial charge in [-0.25, -0.2) is 8.42 Å². The molecule has 1 amide bonds. The monoisotopic (exact) mass is 479 g/mol. The molecule has 1 aliphatic rings. The van der Waals surface area contributed by atoms with Gasteiger partial charge in [-0.15, -0.1) is 0 Å². The van der Waals surface area contributed by atoms with Gasteiger partial charge >= 0.3 is 0 Å². The van der Waals surface area contributed by atoms with Crippen molar-refractivity contribution < 1.29 is 17.9 Å². The van der Waals surface area contributed by atoms with Crippen LogP contribution in [0.2, 0.25) is 5.02 Å². The summed E-state index contributed by atoms with van der Waals surface area (Å²) in [6.07, 6.45) is 1.05. The van der Waals surface area contributed by atoms with E-state index in [0.717, 1.165) is 15.8 Å². The van der Waals surface area contributed by atoms with Gasteiger partial charge in [0, 0.05) is 18.6 Å². The number of nitrogens with zero attached hydrogens (tertiary/aromatic N) is 3. The van der Waals surface area contributed by atoms with Crippen molar-refractivity contribution in [3.05, 3.63) is 51.8 Å². The lowest BCUT2D eigenvalue weighted by Crippen LogP contribution is -2.40. The van der Waals surface area contributed by atoms with Crippen LogP contribution in [0.1, 0.15) is 18.4 Å². The van der Waals surface area contributed by atoms with Crippen LogP contribution in [-0.4, -0.2) is 42.9 Å². The van der Waals surface area contributed by atoms with Gasteiger partial charge in [-0.1, -0.05) is 22.9 Å².